The number of aryl methyl sites for hydroxylation is 1. The van der Waals surface area contributed by atoms with E-state index in [0.29, 0.717) is 17.1 Å². The number of hydrogen-bond acceptors (Lipinski definition) is 4. The van der Waals surface area contributed by atoms with E-state index in [1.54, 1.807) is 6.07 Å². The SMILES string of the molecule is Cc1sc(C(=O)NCCc2ccc(Cl)s2)cc1N. The van der Waals surface area contributed by atoms with Crippen molar-refractivity contribution in [2.75, 3.05) is 12.3 Å². The van der Waals surface area contributed by atoms with Gasteiger partial charge in [-0.3, -0.25) is 4.79 Å². The topological polar surface area (TPSA) is 55.1 Å². The Kier molecular flexibility index (Phi) is 4.27. The van der Waals surface area contributed by atoms with Crippen LogP contribution in [0.15, 0.2) is 18.2 Å². The number of nitrogens with two attached hydrogens (primary N) is 1. The molecular formula is C12H13ClN2OS2. The van der Waals surface area contributed by atoms with Gasteiger partial charge in [-0.25, -0.2) is 0 Å². The van der Waals surface area contributed by atoms with E-state index < -0.39 is 0 Å². The van der Waals surface area contributed by atoms with Crippen molar-refractivity contribution in [2.45, 2.75) is 13.3 Å². The van der Waals surface area contributed by atoms with Crippen LogP contribution in [0.3, 0.4) is 0 Å². The van der Waals surface area contributed by atoms with Crippen molar-refractivity contribution in [3.8, 4) is 0 Å². The molecule has 0 aliphatic heterocycles. The van der Waals surface area contributed by atoms with Crippen LogP contribution in [-0.4, -0.2) is 12.5 Å². The first-order chi connectivity index (χ1) is 8.56. The van der Waals surface area contributed by atoms with Crippen molar-refractivity contribution in [1.29, 1.82) is 0 Å². The van der Waals surface area contributed by atoms with Crippen molar-refractivity contribution < 1.29 is 4.79 Å². The fourth-order valence-corrected chi connectivity index (χ4v) is 3.42. The molecule has 0 fully saturated rings. The third kappa shape index (κ3) is 3.25. The van der Waals surface area contributed by atoms with E-state index in [4.69, 9.17) is 17.3 Å². The summed E-state index contributed by atoms with van der Waals surface area (Å²) in [6, 6.07) is 5.57. The number of hydrogen-bond donors (Lipinski definition) is 2. The summed E-state index contributed by atoms with van der Waals surface area (Å²) in [7, 11) is 0. The van der Waals surface area contributed by atoms with E-state index in [-0.39, 0.29) is 5.91 Å². The van der Waals surface area contributed by atoms with Crippen LogP contribution in [0.25, 0.3) is 0 Å². The van der Waals surface area contributed by atoms with E-state index in [1.165, 1.54) is 27.6 Å². The zero-order chi connectivity index (χ0) is 13.1. The van der Waals surface area contributed by atoms with Crippen LogP contribution in [0.4, 0.5) is 5.69 Å². The lowest BCUT2D eigenvalue weighted by atomic mass is 10.3. The normalized spacial score (nSPS) is 10.6. The van der Waals surface area contributed by atoms with Crippen molar-refractivity contribution in [2.24, 2.45) is 0 Å². The van der Waals surface area contributed by atoms with Gasteiger partial charge in [0.2, 0.25) is 0 Å². The van der Waals surface area contributed by atoms with Crippen LogP contribution in [-0.2, 0) is 6.42 Å². The van der Waals surface area contributed by atoms with E-state index in [9.17, 15) is 4.79 Å². The molecule has 1 amide bonds. The van der Waals surface area contributed by atoms with Gasteiger partial charge in [-0.1, -0.05) is 11.6 Å². The zero-order valence-corrected chi connectivity index (χ0v) is 12.2. The Morgan fingerprint density at radius 3 is 2.78 bits per heavy atom. The largest absolute Gasteiger partial charge is 0.398 e. The zero-order valence-electron chi connectivity index (χ0n) is 9.83. The molecule has 2 rings (SSSR count). The van der Waals surface area contributed by atoms with Crippen LogP contribution in [0, 0.1) is 6.92 Å². The monoisotopic (exact) mass is 300 g/mol. The minimum Gasteiger partial charge on any atom is -0.398 e. The molecule has 18 heavy (non-hydrogen) atoms. The van der Waals surface area contributed by atoms with E-state index in [2.05, 4.69) is 5.32 Å². The van der Waals surface area contributed by atoms with Crippen LogP contribution < -0.4 is 11.1 Å². The van der Waals surface area contributed by atoms with Crippen molar-refractivity contribution >= 4 is 45.9 Å². The van der Waals surface area contributed by atoms with Gasteiger partial charge in [0.15, 0.2) is 0 Å². The maximum absolute atomic E-state index is 11.8. The molecule has 0 bridgehead atoms. The molecule has 0 unspecified atom stereocenters. The molecule has 3 nitrogen and oxygen atoms in total. The Morgan fingerprint density at radius 1 is 1.44 bits per heavy atom. The predicted molar refractivity (Wildman–Crippen MR) is 78.8 cm³/mol. The number of nitrogen functional groups attached to an aromatic ring is 1. The molecule has 0 aromatic carbocycles. The Bertz CT molecular complexity index is 543. The maximum Gasteiger partial charge on any atom is 0.261 e. The summed E-state index contributed by atoms with van der Waals surface area (Å²) in [5.41, 5.74) is 6.39. The van der Waals surface area contributed by atoms with Gasteiger partial charge in [0.05, 0.1) is 9.21 Å². The molecule has 3 N–H and O–H groups in total. The van der Waals surface area contributed by atoms with Crippen molar-refractivity contribution in [1.82, 2.24) is 5.32 Å². The molecule has 0 saturated heterocycles. The summed E-state index contributed by atoms with van der Waals surface area (Å²) in [5, 5.41) is 2.88. The highest BCUT2D eigenvalue weighted by atomic mass is 35.5. The van der Waals surface area contributed by atoms with Crippen molar-refractivity contribution in [3.63, 3.8) is 0 Å². The molecule has 0 aliphatic rings. The number of amides is 1. The smallest absolute Gasteiger partial charge is 0.261 e. The van der Waals surface area contributed by atoms with Crippen LogP contribution in [0.1, 0.15) is 19.4 Å². The average molecular weight is 301 g/mol. The molecule has 0 radical (unpaired) electrons. The lowest BCUT2D eigenvalue weighted by molar-refractivity contribution is 0.0958. The first-order valence-corrected chi connectivity index (χ1v) is 7.45. The summed E-state index contributed by atoms with van der Waals surface area (Å²) in [6.07, 6.45) is 0.795. The Labute approximate surface area is 119 Å². The average Bonchev–Trinajstić information content (AvgIpc) is 2.87. The summed E-state index contributed by atoms with van der Waals surface area (Å²) >= 11 is 8.79. The molecule has 2 aromatic heterocycles. The van der Waals surface area contributed by atoms with Gasteiger partial charge in [0.1, 0.15) is 0 Å². The number of anilines is 1. The Balaban J connectivity index is 1.85. The fourth-order valence-electron chi connectivity index (χ4n) is 1.48. The standard InChI is InChI=1S/C12H13ClN2OS2/c1-7-9(14)6-10(17-7)12(16)15-5-4-8-2-3-11(13)18-8/h2-3,6H,4-5,14H2,1H3,(H,15,16). The van der Waals surface area contributed by atoms with E-state index in [1.807, 2.05) is 19.1 Å². The number of rotatable bonds is 4. The number of nitrogens with one attached hydrogen (secondary N) is 1. The van der Waals surface area contributed by atoms with Gasteiger partial charge in [-0.2, -0.15) is 0 Å². The van der Waals surface area contributed by atoms with Gasteiger partial charge < -0.3 is 11.1 Å². The summed E-state index contributed by atoms with van der Waals surface area (Å²) in [4.78, 5) is 14.6. The first-order valence-electron chi connectivity index (χ1n) is 5.44. The molecule has 0 aliphatic carbocycles. The lowest BCUT2D eigenvalue weighted by Gasteiger charge is -2.01. The molecule has 6 heteroatoms. The third-order valence-corrected chi connectivity index (χ3v) is 4.82. The van der Waals surface area contributed by atoms with Gasteiger partial charge in [-0.05, 0) is 31.5 Å². The van der Waals surface area contributed by atoms with Gasteiger partial charge >= 0.3 is 0 Å². The Hall–Kier alpha value is -1.04. The number of halogens is 1. The molecule has 96 valence electrons. The van der Waals surface area contributed by atoms with Crippen LogP contribution in [0.5, 0.6) is 0 Å². The Morgan fingerprint density at radius 2 is 2.22 bits per heavy atom. The van der Waals surface area contributed by atoms with E-state index in [0.717, 1.165) is 15.6 Å². The molecule has 0 atom stereocenters. The van der Waals surface area contributed by atoms with Gasteiger partial charge in [-0.15, -0.1) is 22.7 Å². The minimum atomic E-state index is -0.0672. The number of carbonyl (C=O) groups is 1. The second-order valence-electron chi connectivity index (χ2n) is 3.83. The lowest BCUT2D eigenvalue weighted by Crippen LogP contribution is -2.24. The van der Waals surface area contributed by atoms with Crippen LogP contribution in [0.2, 0.25) is 4.34 Å². The predicted octanol–water partition coefficient (Wildman–Crippen LogP) is 3.33. The summed E-state index contributed by atoms with van der Waals surface area (Å²) in [6.45, 7) is 2.51. The van der Waals surface area contributed by atoms with Gasteiger partial charge in [0.25, 0.3) is 5.91 Å². The highest BCUT2D eigenvalue weighted by Crippen LogP contribution is 2.23. The fraction of sp³-hybridized carbons (Fsp3) is 0.250. The molecule has 0 spiro atoms. The highest BCUT2D eigenvalue weighted by Gasteiger charge is 2.10. The quantitative estimate of drug-likeness (QED) is 0.910. The summed E-state index contributed by atoms with van der Waals surface area (Å²) < 4.78 is 0.776. The number of thiophene rings is 2. The van der Waals surface area contributed by atoms with E-state index >= 15 is 0 Å². The summed E-state index contributed by atoms with van der Waals surface area (Å²) in [5.74, 6) is -0.0672. The third-order valence-electron chi connectivity index (χ3n) is 2.47. The first kappa shape index (κ1) is 13.4. The molecule has 2 aromatic rings. The van der Waals surface area contributed by atoms with Crippen LogP contribution >= 0.6 is 34.3 Å². The molecule has 0 saturated carbocycles. The molecule has 2 heterocycles. The molecular weight excluding hydrogens is 288 g/mol. The highest BCUT2D eigenvalue weighted by molar-refractivity contribution is 7.16. The van der Waals surface area contributed by atoms with Gasteiger partial charge in [0, 0.05) is 22.0 Å². The minimum absolute atomic E-state index is 0.0672. The maximum atomic E-state index is 11.8. The second-order valence-corrected chi connectivity index (χ2v) is 6.89. The second kappa shape index (κ2) is 5.73. The van der Waals surface area contributed by atoms with Crippen molar-refractivity contribution in [3.05, 3.63) is 37.2 Å². The number of carbonyl (C=O) groups excluding carboxylic acids is 1.